The molecule has 0 aliphatic carbocycles. The van der Waals surface area contributed by atoms with E-state index in [-0.39, 0.29) is 23.7 Å². The first-order valence-corrected chi connectivity index (χ1v) is 7.94. The summed E-state index contributed by atoms with van der Waals surface area (Å²) in [6.07, 6.45) is 1.08. The fourth-order valence-electron chi connectivity index (χ4n) is 1.93. The molecule has 126 valence electrons. The van der Waals surface area contributed by atoms with Crippen LogP contribution in [0.5, 0.6) is 0 Å². The van der Waals surface area contributed by atoms with Crippen LogP contribution in [0.4, 0.5) is 0 Å². The van der Waals surface area contributed by atoms with Gasteiger partial charge in [0.25, 0.3) is 5.91 Å². The Morgan fingerprint density at radius 2 is 1.74 bits per heavy atom. The van der Waals surface area contributed by atoms with Crippen molar-refractivity contribution in [2.45, 2.75) is 52.9 Å². The van der Waals surface area contributed by atoms with Gasteiger partial charge in [-0.3, -0.25) is 9.59 Å². The van der Waals surface area contributed by atoms with E-state index in [0.717, 1.165) is 6.42 Å². The standard InChI is InChI=1S/C18H27N3O2/c1-6-11-19-16(22)12-13(2)20-21-17(23)14-7-9-15(10-8-14)18(3,4)5/h7-10H,6,11-12H2,1-5H3,(H,19,22)(H,21,23). The van der Waals surface area contributed by atoms with Gasteiger partial charge >= 0.3 is 0 Å². The third-order valence-corrected chi connectivity index (χ3v) is 3.35. The van der Waals surface area contributed by atoms with Gasteiger partial charge in [-0.25, -0.2) is 5.43 Å². The summed E-state index contributed by atoms with van der Waals surface area (Å²) in [5.41, 5.74) is 4.82. The minimum absolute atomic E-state index is 0.0512. The number of nitrogens with one attached hydrogen (secondary N) is 2. The molecule has 1 aromatic rings. The lowest BCUT2D eigenvalue weighted by atomic mass is 9.87. The third-order valence-electron chi connectivity index (χ3n) is 3.35. The Balaban J connectivity index is 2.59. The molecule has 0 unspecified atom stereocenters. The maximum absolute atomic E-state index is 12.0. The number of hydrogen-bond donors (Lipinski definition) is 2. The fourth-order valence-corrected chi connectivity index (χ4v) is 1.93. The zero-order valence-corrected chi connectivity index (χ0v) is 14.7. The molecule has 0 aliphatic heterocycles. The first-order valence-electron chi connectivity index (χ1n) is 7.94. The Morgan fingerprint density at radius 1 is 1.13 bits per heavy atom. The summed E-state index contributed by atoms with van der Waals surface area (Å²) in [7, 11) is 0. The second-order valence-corrected chi connectivity index (χ2v) is 6.64. The fraction of sp³-hybridized carbons (Fsp3) is 0.500. The van der Waals surface area contributed by atoms with E-state index in [2.05, 4.69) is 36.6 Å². The normalized spacial score (nSPS) is 12.0. The van der Waals surface area contributed by atoms with E-state index in [1.165, 1.54) is 5.56 Å². The van der Waals surface area contributed by atoms with Gasteiger partial charge in [0.2, 0.25) is 5.91 Å². The number of carbonyl (C=O) groups is 2. The van der Waals surface area contributed by atoms with Crippen molar-refractivity contribution in [2.24, 2.45) is 5.10 Å². The Kier molecular flexibility index (Phi) is 6.94. The predicted octanol–water partition coefficient (Wildman–Crippen LogP) is 3.01. The summed E-state index contributed by atoms with van der Waals surface area (Å²) in [6, 6.07) is 7.47. The van der Waals surface area contributed by atoms with Gasteiger partial charge in [-0.05, 0) is 36.5 Å². The zero-order chi connectivity index (χ0) is 17.5. The van der Waals surface area contributed by atoms with Gasteiger partial charge in [0.15, 0.2) is 0 Å². The average molecular weight is 317 g/mol. The van der Waals surface area contributed by atoms with Crippen LogP contribution >= 0.6 is 0 Å². The van der Waals surface area contributed by atoms with E-state index in [1.807, 2.05) is 19.1 Å². The Hall–Kier alpha value is -2.17. The van der Waals surface area contributed by atoms with E-state index in [1.54, 1.807) is 19.1 Å². The van der Waals surface area contributed by atoms with Crippen molar-refractivity contribution in [3.8, 4) is 0 Å². The summed E-state index contributed by atoms with van der Waals surface area (Å²) in [4.78, 5) is 23.6. The summed E-state index contributed by atoms with van der Waals surface area (Å²) in [5.74, 6) is -0.365. The topological polar surface area (TPSA) is 70.6 Å². The molecule has 2 amide bonds. The summed E-state index contributed by atoms with van der Waals surface area (Å²) in [5, 5.41) is 6.75. The van der Waals surface area contributed by atoms with Crippen LogP contribution in [-0.4, -0.2) is 24.1 Å². The molecule has 2 N–H and O–H groups in total. The van der Waals surface area contributed by atoms with Crippen molar-refractivity contribution in [2.75, 3.05) is 6.54 Å². The van der Waals surface area contributed by atoms with Crippen LogP contribution in [0.15, 0.2) is 29.4 Å². The Morgan fingerprint density at radius 3 is 2.26 bits per heavy atom. The maximum Gasteiger partial charge on any atom is 0.271 e. The van der Waals surface area contributed by atoms with Crippen molar-refractivity contribution in [1.82, 2.24) is 10.7 Å². The minimum Gasteiger partial charge on any atom is -0.356 e. The molecule has 5 nitrogen and oxygen atoms in total. The van der Waals surface area contributed by atoms with Crippen LogP contribution in [0, 0.1) is 0 Å². The molecule has 5 heteroatoms. The van der Waals surface area contributed by atoms with E-state index in [4.69, 9.17) is 0 Å². The second kappa shape index (κ2) is 8.46. The van der Waals surface area contributed by atoms with Crippen LogP contribution in [0.1, 0.15) is 63.4 Å². The summed E-state index contributed by atoms with van der Waals surface area (Å²) in [6.45, 7) is 10.7. The van der Waals surface area contributed by atoms with Crippen LogP contribution in [0.25, 0.3) is 0 Å². The highest BCUT2D eigenvalue weighted by Crippen LogP contribution is 2.22. The van der Waals surface area contributed by atoms with Crippen LogP contribution in [0.3, 0.4) is 0 Å². The number of amides is 2. The van der Waals surface area contributed by atoms with Crippen LogP contribution in [0.2, 0.25) is 0 Å². The first-order chi connectivity index (χ1) is 10.7. The first kappa shape index (κ1) is 18.9. The van der Waals surface area contributed by atoms with Gasteiger partial charge in [0, 0.05) is 17.8 Å². The van der Waals surface area contributed by atoms with Gasteiger partial charge in [0.05, 0.1) is 6.42 Å². The lowest BCUT2D eigenvalue weighted by Crippen LogP contribution is -2.27. The minimum atomic E-state index is -0.279. The van der Waals surface area contributed by atoms with Gasteiger partial charge in [-0.2, -0.15) is 5.10 Å². The van der Waals surface area contributed by atoms with Crippen LogP contribution in [-0.2, 0) is 10.2 Å². The number of benzene rings is 1. The smallest absolute Gasteiger partial charge is 0.271 e. The molecule has 0 heterocycles. The number of hydrogen-bond acceptors (Lipinski definition) is 3. The molecule has 0 bridgehead atoms. The molecular weight excluding hydrogens is 290 g/mol. The molecule has 0 spiro atoms. The summed E-state index contributed by atoms with van der Waals surface area (Å²) >= 11 is 0. The number of rotatable bonds is 6. The van der Waals surface area contributed by atoms with Gasteiger partial charge in [0.1, 0.15) is 0 Å². The van der Waals surface area contributed by atoms with Crippen molar-refractivity contribution < 1.29 is 9.59 Å². The number of nitrogens with zero attached hydrogens (tertiary/aromatic N) is 1. The molecule has 0 saturated carbocycles. The molecule has 0 atom stereocenters. The quantitative estimate of drug-likeness (QED) is 0.625. The van der Waals surface area contributed by atoms with Gasteiger partial charge < -0.3 is 5.32 Å². The highest BCUT2D eigenvalue weighted by atomic mass is 16.2. The van der Waals surface area contributed by atoms with E-state index in [9.17, 15) is 9.59 Å². The van der Waals surface area contributed by atoms with E-state index < -0.39 is 0 Å². The van der Waals surface area contributed by atoms with E-state index >= 15 is 0 Å². The third kappa shape index (κ3) is 6.63. The highest BCUT2D eigenvalue weighted by molar-refractivity contribution is 6.01. The SMILES string of the molecule is CCCNC(=O)CC(C)=NNC(=O)c1ccc(C(C)(C)C)cc1. The maximum atomic E-state index is 12.0. The molecule has 0 aromatic heterocycles. The largest absolute Gasteiger partial charge is 0.356 e. The lowest BCUT2D eigenvalue weighted by Gasteiger charge is -2.18. The zero-order valence-electron chi connectivity index (χ0n) is 14.7. The monoisotopic (exact) mass is 317 g/mol. The molecule has 0 saturated heterocycles. The lowest BCUT2D eigenvalue weighted by molar-refractivity contribution is -0.119. The van der Waals surface area contributed by atoms with E-state index in [0.29, 0.717) is 17.8 Å². The van der Waals surface area contributed by atoms with Crippen LogP contribution < -0.4 is 10.7 Å². The Labute approximate surface area is 138 Å². The van der Waals surface area contributed by atoms with Crippen molar-refractivity contribution in [3.05, 3.63) is 35.4 Å². The van der Waals surface area contributed by atoms with Crippen molar-refractivity contribution in [3.63, 3.8) is 0 Å². The molecule has 1 rings (SSSR count). The molecule has 0 aliphatic rings. The van der Waals surface area contributed by atoms with Gasteiger partial charge in [-0.1, -0.05) is 39.8 Å². The molecule has 1 aromatic carbocycles. The number of carbonyl (C=O) groups excluding carboxylic acids is 2. The predicted molar refractivity (Wildman–Crippen MR) is 93.6 cm³/mol. The Bertz CT molecular complexity index is 569. The molecule has 0 radical (unpaired) electrons. The summed E-state index contributed by atoms with van der Waals surface area (Å²) < 4.78 is 0. The van der Waals surface area contributed by atoms with Crippen molar-refractivity contribution in [1.29, 1.82) is 0 Å². The average Bonchev–Trinajstić information content (AvgIpc) is 2.49. The molecule has 23 heavy (non-hydrogen) atoms. The highest BCUT2D eigenvalue weighted by Gasteiger charge is 2.14. The number of hydrazone groups is 1. The second-order valence-electron chi connectivity index (χ2n) is 6.64. The van der Waals surface area contributed by atoms with Gasteiger partial charge in [-0.15, -0.1) is 0 Å². The molecule has 0 fully saturated rings. The van der Waals surface area contributed by atoms with Crippen molar-refractivity contribution >= 4 is 17.5 Å². The molecular formula is C18H27N3O2.